The molecule has 25 rings (SSSR count). The number of carbonyl (C=O) groups excluding carboxylic acids is 1. The minimum absolute atomic E-state index is 0.00408. The monoisotopic (exact) mass is 1810 g/mol. The van der Waals surface area contributed by atoms with Gasteiger partial charge in [-0.05, 0) is 105 Å². The molecule has 7 aliphatic rings. The van der Waals surface area contributed by atoms with E-state index in [0.29, 0.717) is 140 Å². The van der Waals surface area contributed by atoms with Crippen LogP contribution in [-0.2, 0) is 49.4 Å². The van der Waals surface area contributed by atoms with Crippen LogP contribution >= 0.6 is 34.0 Å². The lowest BCUT2D eigenvalue weighted by molar-refractivity contribution is -0.117. The molecule has 24 heteroatoms. The number of carbonyl (C=O) groups is 1. The summed E-state index contributed by atoms with van der Waals surface area (Å²) < 4.78 is 59.8. The second-order valence-corrected chi connectivity index (χ2v) is 37.9. The van der Waals surface area contributed by atoms with E-state index in [9.17, 15) is 24.0 Å². The molecule has 0 radical (unpaired) electrons. The molecule has 1 N–H and O–H groups in total. The van der Waals surface area contributed by atoms with E-state index in [4.69, 9.17) is 41.0 Å². The van der Waals surface area contributed by atoms with Crippen molar-refractivity contribution in [2.24, 2.45) is 0 Å². The predicted octanol–water partition coefficient (Wildman–Crippen LogP) is 21.2. The molecule has 0 saturated carbocycles. The Morgan fingerprint density at radius 2 is 0.674 bits per heavy atom. The number of fused-ring (bicyclic) bond motifs is 16. The van der Waals surface area contributed by atoms with Crippen LogP contribution in [0, 0.1) is 0 Å². The fourth-order valence-electron chi connectivity index (χ4n) is 20.0. The number of likely N-dealkylation sites (N-methyl/N-ethyl adjacent to an activating group) is 1. The van der Waals surface area contributed by atoms with E-state index in [-0.39, 0.29) is 27.6 Å². The van der Waals surface area contributed by atoms with Gasteiger partial charge < -0.3 is 70.8 Å². The standard InChI is InChI=1S/C33H34N4O4S.C25H23NO4.C25H23NO3S.C25H19NO3S/c1-2-35-12-14-36(15-13-35)21-29(39)34-26-11-10-23(33-31(26)25-6-3-4-9-28(25)42-33)22-7-5-8-24-27(38)20-30(41-32(22)24)37-16-18-40-19-17-37;27-21-15-23(26-11-13-28-14-12-26)30-25-19(8-4-9-20(21)25)18-7-3-6-17-16-5-1-2-10-22(16)29-24(17)18;2*27-21-15-23(26-11-13-28-14-12-26)29-24-17(6-3-9-20(21)24)19-8-4-7-18-16-5-1-2-10-22(16)30-25(18)19/h3-11,20H,2,12-19,21H2,1H3,(H,34,39);2*3-4,6-9,15H,1-2,5,10-14H2;1-10,15H,11-14H2. The van der Waals surface area contributed by atoms with Crippen LogP contribution in [0.2, 0.25) is 0 Å². The Kier molecular flexibility index (Phi) is 23.9. The van der Waals surface area contributed by atoms with Crippen LogP contribution in [0.1, 0.15) is 54.4 Å². The molecule has 668 valence electrons. The van der Waals surface area contributed by atoms with Crippen molar-refractivity contribution in [2.45, 2.75) is 58.3 Å². The summed E-state index contributed by atoms with van der Waals surface area (Å²) >= 11 is 5.39. The molecule has 0 spiro atoms. The molecule has 0 atom stereocenters. The fourth-order valence-corrected chi connectivity index (χ4v) is 23.9. The van der Waals surface area contributed by atoms with Crippen LogP contribution in [0.15, 0.2) is 254 Å². The second kappa shape index (κ2) is 37.2. The zero-order valence-electron chi connectivity index (χ0n) is 73.5. The Morgan fingerprint density at radius 3 is 1.15 bits per heavy atom. The Hall–Kier alpha value is -12.6. The van der Waals surface area contributed by atoms with Crippen molar-refractivity contribution in [1.29, 1.82) is 0 Å². The first-order valence-electron chi connectivity index (χ1n) is 46.2. The molecule has 0 bridgehead atoms. The van der Waals surface area contributed by atoms with E-state index in [1.165, 1.54) is 95.7 Å². The van der Waals surface area contributed by atoms with Crippen molar-refractivity contribution in [3.8, 4) is 44.5 Å². The largest absolute Gasteiger partial charge is 0.460 e. The molecule has 5 saturated heterocycles. The smallest absolute Gasteiger partial charge is 0.238 e. The number of rotatable bonds is 12. The average Bonchev–Trinajstić information content (AvgIpc) is 1.55. The number of nitrogens with one attached hydrogen (secondary N) is 1. The topological polar surface area (TPSA) is 219 Å². The molecule has 0 unspecified atom stereocenters. The zero-order valence-corrected chi connectivity index (χ0v) is 76.0. The van der Waals surface area contributed by atoms with Gasteiger partial charge in [-0.1, -0.05) is 153 Å². The number of nitrogens with zero attached hydrogens (tertiary/aromatic N) is 6. The van der Waals surface area contributed by atoms with Gasteiger partial charge in [-0.2, -0.15) is 0 Å². The van der Waals surface area contributed by atoms with Gasteiger partial charge in [0.05, 0.1) is 86.6 Å². The highest BCUT2D eigenvalue weighted by Gasteiger charge is 2.30. The van der Waals surface area contributed by atoms with E-state index >= 15 is 0 Å². The number of anilines is 5. The summed E-state index contributed by atoms with van der Waals surface area (Å²) in [6, 6.07) is 69.7. The van der Waals surface area contributed by atoms with Crippen LogP contribution in [-0.4, -0.2) is 160 Å². The number of ether oxygens (including phenoxy) is 4. The summed E-state index contributed by atoms with van der Waals surface area (Å²) in [5.74, 6) is 3.54. The lowest BCUT2D eigenvalue weighted by Gasteiger charge is -2.33. The Morgan fingerprint density at radius 1 is 0.318 bits per heavy atom. The first-order valence-corrected chi connectivity index (χ1v) is 48.7. The Balaban J connectivity index is 0.000000104. The van der Waals surface area contributed by atoms with Crippen LogP contribution in [0.5, 0.6) is 0 Å². The number of benzene rings is 10. The Labute approximate surface area is 772 Å². The van der Waals surface area contributed by atoms with Gasteiger partial charge >= 0.3 is 0 Å². The highest BCUT2D eigenvalue weighted by Crippen LogP contribution is 2.49. The number of morpholine rings is 4. The van der Waals surface area contributed by atoms with Crippen molar-refractivity contribution >= 4 is 174 Å². The number of thiophene rings is 3. The lowest BCUT2D eigenvalue weighted by atomic mass is 9.94. The van der Waals surface area contributed by atoms with E-state index in [1.54, 1.807) is 46.9 Å². The zero-order chi connectivity index (χ0) is 88.9. The van der Waals surface area contributed by atoms with Gasteiger partial charge in [0.2, 0.25) is 5.91 Å². The van der Waals surface area contributed by atoms with Gasteiger partial charge in [-0.15, -0.1) is 34.0 Å². The highest BCUT2D eigenvalue weighted by atomic mass is 32.1. The molecule has 5 aliphatic heterocycles. The predicted molar refractivity (Wildman–Crippen MR) is 535 cm³/mol. The molecule has 13 heterocycles. The number of furan rings is 1. The minimum Gasteiger partial charge on any atom is -0.460 e. The van der Waals surface area contributed by atoms with Crippen molar-refractivity contribution in [3.63, 3.8) is 0 Å². The quantitative estimate of drug-likeness (QED) is 0.120. The third-order valence-corrected chi connectivity index (χ3v) is 30.6. The number of para-hydroxylation sites is 5. The van der Waals surface area contributed by atoms with Gasteiger partial charge in [-0.3, -0.25) is 28.9 Å². The van der Waals surface area contributed by atoms with Gasteiger partial charge in [-0.25, -0.2) is 0 Å². The summed E-state index contributed by atoms with van der Waals surface area (Å²) in [5, 5.41) is 12.8. The van der Waals surface area contributed by atoms with Crippen LogP contribution in [0.25, 0.3) is 150 Å². The average molecular weight is 1820 g/mol. The molecule has 2 aliphatic carbocycles. The number of aryl methyl sites for hydroxylation is 4. The summed E-state index contributed by atoms with van der Waals surface area (Å²) in [6.45, 7) is 18.2. The molecule has 10 aromatic carbocycles. The third kappa shape index (κ3) is 16.5. The fraction of sp³-hybridized carbons (Fsp3) is 0.287. The van der Waals surface area contributed by atoms with E-state index in [1.807, 2.05) is 102 Å². The number of amides is 1. The summed E-state index contributed by atoms with van der Waals surface area (Å²) in [5.41, 5.74) is 15.0. The number of hydrogen-bond acceptors (Lipinski definition) is 23. The molecule has 5 fully saturated rings. The molecular formula is C108H99N7O14S3. The summed E-state index contributed by atoms with van der Waals surface area (Å²) in [7, 11) is 0. The number of hydrogen-bond donors (Lipinski definition) is 1. The van der Waals surface area contributed by atoms with Gasteiger partial charge in [0, 0.05) is 215 Å². The molecule has 21 nitrogen and oxygen atoms in total. The van der Waals surface area contributed by atoms with Crippen LogP contribution in [0.4, 0.5) is 29.2 Å². The molecule has 1 amide bonds. The third-order valence-electron chi connectivity index (χ3n) is 26.9. The highest BCUT2D eigenvalue weighted by molar-refractivity contribution is 7.27. The van der Waals surface area contributed by atoms with E-state index in [2.05, 4.69) is 139 Å². The van der Waals surface area contributed by atoms with Crippen LogP contribution in [0.3, 0.4) is 0 Å². The van der Waals surface area contributed by atoms with Gasteiger partial charge in [0.15, 0.2) is 45.3 Å². The van der Waals surface area contributed by atoms with Crippen LogP contribution < -0.4 is 46.6 Å². The molecule has 132 heavy (non-hydrogen) atoms. The van der Waals surface area contributed by atoms with Crippen molar-refractivity contribution in [3.05, 3.63) is 275 Å². The Bertz CT molecular complexity index is 7520. The van der Waals surface area contributed by atoms with Crippen molar-refractivity contribution in [1.82, 2.24) is 9.80 Å². The maximum atomic E-state index is 13.3. The maximum absolute atomic E-state index is 13.3. The SMILES string of the molecule is CCN1CCN(CC(=O)Nc2ccc(-c3cccc4c(=O)cc(N5CCOCC5)oc34)c3sc4ccccc4c23)CC1.O=c1cc(N2CCOCC2)oc2c(-c3cccc4c3sc3ccccc34)cccc12.O=c1cc(N2CCOCC2)oc2c(-c3cccc4c5c(oc34)CCCC5)cccc12.O=c1cc(N2CCOCC2)oc2c(-c3cccc4c5c(sc34)CCCC5)cccc12. The lowest BCUT2D eigenvalue weighted by Crippen LogP contribution is -2.48. The maximum Gasteiger partial charge on any atom is 0.238 e. The second-order valence-electron chi connectivity index (χ2n) is 34.7. The van der Waals surface area contributed by atoms with Gasteiger partial charge in [0.25, 0.3) is 0 Å². The van der Waals surface area contributed by atoms with Crippen molar-refractivity contribution in [2.75, 3.05) is 169 Å². The molecular weight excluding hydrogens is 1720 g/mol. The summed E-state index contributed by atoms with van der Waals surface area (Å²) in [6.07, 6.45) is 9.35. The number of piperazine rings is 1. The molecule has 8 aromatic heterocycles. The first kappa shape index (κ1) is 84.9. The van der Waals surface area contributed by atoms with Crippen molar-refractivity contribution < 1.29 is 45.8 Å². The van der Waals surface area contributed by atoms with Gasteiger partial charge in [0.1, 0.15) is 33.7 Å². The molecule has 18 aromatic rings. The normalized spacial score (nSPS) is 16.4. The summed E-state index contributed by atoms with van der Waals surface area (Å²) in [4.78, 5) is 79.7. The first-order chi connectivity index (χ1) is 65.0. The van der Waals surface area contributed by atoms with E-state index in [0.717, 1.165) is 161 Å². The van der Waals surface area contributed by atoms with E-state index < -0.39 is 0 Å². The minimum atomic E-state index is -0.0594.